The van der Waals surface area contributed by atoms with Crippen molar-refractivity contribution < 1.29 is 24.4 Å². The number of nitrogens with zero attached hydrogens (tertiary/aromatic N) is 1. The van der Waals surface area contributed by atoms with Crippen molar-refractivity contribution >= 4 is 34.4 Å². The molecule has 0 unspecified atom stereocenters. The number of hydrogen-bond donors (Lipinski definition) is 4. The van der Waals surface area contributed by atoms with Crippen molar-refractivity contribution in [3.8, 4) is 0 Å². The minimum absolute atomic E-state index is 0.222. The largest absolute Gasteiger partial charge is 0.358 e. The molecule has 35 heavy (non-hydrogen) atoms. The van der Waals surface area contributed by atoms with Crippen LogP contribution >= 0.6 is 0 Å². The Labute approximate surface area is 206 Å². The van der Waals surface area contributed by atoms with Crippen molar-refractivity contribution in [2.45, 2.75) is 66.3 Å². The summed E-state index contributed by atoms with van der Waals surface area (Å²) in [7, 11) is 1.51. The van der Waals surface area contributed by atoms with Gasteiger partial charge < -0.3 is 15.6 Å². The van der Waals surface area contributed by atoms with Crippen molar-refractivity contribution in [2.24, 2.45) is 11.3 Å². The van der Waals surface area contributed by atoms with E-state index >= 15 is 0 Å². The molecule has 2 aromatic rings. The summed E-state index contributed by atoms with van der Waals surface area (Å²) in [5.41, 5.74) is 2.27. The summed E-state index contributed by atoms with van der Waals surface area (Å²) in [5.74, 6) is -1.47. The molecule has 3 amide bonds. The van der Waals surface area contributed by atoms with Crippen LogP contribution in [-0.2, 0) is 32.0 Å². The molecule has 0 saturated carbocycles. The van der Waals surface area contributed by atoms with Gasteiger partial charge in [-0.1, -0.05) is 52.8 Å². The Balaban J connectivity index is 2.09. The van der Waals surface area contributed by atoms with E-state index in [9.17, 15) is 24.4 Å². The van der Waals surface area contributed by atoms with E-state index in [0.29, 0.717) is 11.0 Å². The zero-order valence-electron chi connectivity index (χ0n) is 21.5. The Hall–Kier alpha value is -3.20. The Morgan fingerprint density at radius 2 is 1.71 bits per heavy atom. The first-order valence-corrected chi connectivity index (χ1v) is 11.9. The number of nitrogens with one attached hydrogen (secondary N) is 3. The maximum Gasteiger partial charge on any atom is 0.246 e. The standard InChI is InChI=1S/C26H38N4O5/c1-16(2)13-20-18(17-9-7-8-10-19(17)28-20)14-21(25(34)27-6)29-23(32)11-12-24(33)30(35)15-22(31)26(3,4)5/h7-10,16,21,28,35H,11-15H2,1-6H3,(H,27,34)(H,29,32)/t21-/m0/s1. The predicted octanol–water partition coefficient (Wildman–Crippen LogP) is 2.75. The highest BCUT2D eigenvalue weighted by Gasteiger charge is 2.27. The van der Waals surface area contributed by atoms with Crippen LogP contribution in [0.15, 0.2) is 24.3 Å². The number of benzene rings is 1. The summed E-state index contributed by atoms with van der Waals surface area (Å²) in [6.45, 7) is 8.87. The molecule has 0 radical (unpaired) electrons. The molecule has 1 heterocycles. The second-order valence-corrected chi connectivity index (χ2v) is 10.3. The molecular formula is C26H38N4O5. The molecule has 0 saturated heterocycles. The van der Waals surface area contributed by atoms with Crippen molar-refractivity contribution in [3.05, 3.63) is 35.5 Å². The van der Waals surface area contributed by atoms with Crippen LogP contribution in [0.1, 0.15) is 58.7 Å². The van der Waals surface area contributed by atoms with Crippen molar-refractivity contribution in [1.29, 1.82) is 0 Å². The van der Waals surface area contributed by atoms with E-state index in [4.69, 9.17) is 0 Å². The highest BCUT2D eigenvalue weighted by atomic mass is 16.5. The molecule has 4 N–H and O–H groups in total. The normalized spacial score (nSPS) is 12.5. The molecule has 0 aliphatic carbocycles. The topological polar surface area (TPSA) is 132 Å². The number of carbonyl (C=O) groups excluding carboxylic acids is 4. The highest BCUT2D eigenvalue weighted by Crippen LogP contribution is 2.26. The van der Waals surface area contributed by atoms with Crippen molar-refractivity contribution in [1.82, 2.24) is 20.7 Å². The Kier molecular flexibility index (Phi) is 9.59. The molecule has 2 rings (SSSR count). The fraction of sp³-hybridized carbons (Fsp3) is 0.538. The number of H-pyrrole nitrogens is 1. The van der Waals surface area contributed by atoms with E-state index in [-0.39, 0.29) is 31.0 Å². The first-order valence-electron chi connectivity index (χ1n) is 11.9. The van der Waals surface area contributed by atoms with Crippen molar-refractivity contribution in [3.63, 3.8) is 0 Å². The Bertz CT molecular complexity index is 1070. The van der Waals surface area contributed by atoms with E-state index < -0.39 is 29.8 Å². The average molecular weight is 487 g/mol. The second-order valence-electron chi connectivity index (χ2n) is 10.3. The zero-order chi connectivity index (χ0) is 26.3. The molecule has 0 aliphatic heterocycles. The van der Waals surface area contributed by atoms with Gasteiger partial charge in [-0.3, -0.25) is 24.4 Å². The molecule has 1 aromatic carbocycles. The zero-order valence-corrected chi connectivity index (χ0v) is 21.5. The van der Waals surface area contributed by atoms with Crippen LogP contribution in [-0.4, -0.2) is 58.4 Å². The van der Waals surface area contributed by atoms with Crippen LogP contribution < -0.4 is 10.6 Å². The van der Waals surface area contributed by atoms with Gasteiger partial charge in [-0.15, -0.1) is 0 Å². The number of likely N-dealkylation sites (N-methyl/N-ethyl adjacent to an activating group) is 1. The van der Waals surface area contributed by atoms with E-state index in [1.54, 1.807) is 20.8 Å². The number of para-hydroxylation sites is 1. The highest BCUT2D eigenvalue weighted by molar-refractivity contribution is 5.92. The summed E-state index contributed by atoms with van der Waals surface area (Å²) >= 11 is 0. The van der Waals surface area contributed by atoms with Crippen LogP contribution in [0.2, 0.25) is 0 Å². The molecule has 0 aliphatic rings. The maximum atomic E-state index is 12.6. The van der Waals surface area contributed by atoms with Crippen LogP contribution in [0.4, 0.5) is 0 Å². The van der Waals surface area contributed by atoms with Crippen LogP contribution in [0.5, 0.6) is 0 Å². The predicted molar refractivity (Wildman–Crippen MR) is 134 cm³/mol. The quantitative estimate of drug-likeness (QED) is 0.286. The first kappa shape index (κ1) is 28.0. The second kappa shape index (κ2) is 12.0. The molecule has 1 atom stereocenters. The number of hydroxylamine groups is 2. The lowest BCUT2D eigenvalue weighted by atomic mass is 9.91. The van der Waals surface area contributed by atoms with E-state index in [1.165, 1.54) is 7.05 Å². The summed E-state index contributed by atoms with van der Waals surface area (Å²) in [4.78, 5) is 52.9. The third-order valence-electron chi connectivity index (χ3n) is 5.80. The summed E-state index contributed by atoms with van der Waals surface area (Å²) in [6, 6.07) is 7.01. The smallest absolute Gasteiger partial charge is 0.246 e. The van der Waals surface area contributed by atoms with E-state index in [0.717, 1.165) is 28.6 Å². The minimum Gasteiger partial charge on any atom is -0.358 e. The third-order valence-corrected chi connectivity index (χ3v) is 5.80. The molecule has 0 bridgehead atoms. The fourth-order valence-corrected chi connectivity index (χ4v) is 3.74. The lowest BCUT2D eigenvalue weighted by Crippen LogP contribution is -2.47. The third kappa shape index (κ3) is 7.92. The van der Waals surface area contributed by atoms with Crippen LogP contribution in [0.25, 0.3) is 10.9 Å². The SMILES string of the molecule is CNC(=O)[C@H](Cc1c(CC(C)C)[nH]c2ccccc12)NC(=O)CCC(=O)N(O)CC(=O)C(C)(C)C. The van der Waals surface area contributed by atoms with Gasteiger partial charge >= 0.3 is 0 Å². The minimum atomic E-state index is -0.833. The molecule has 0 spiro atoms. The van der Waals surface area contributed by atoms with Gasteiger partial charge in [0.1, 0.15) is 12.6 Å². The van der Waals surface area contributed by atoms with Gasteiger partial charge in [-0.25, -0.2) is 5.06 Å². The lowest BCUT2D eigenvalue weighted by molar-refractivity contribution is -0.170. The molecule has 9 nitrogen and oxygen atoms in total. The number of aromatic amines is 1. The molecule has 1 aromatic heterocycles. The van der Waals surface area contributed by atoms with Gasteiger partial charge in [0.05, 0.1) is 0 Å². The van der Waals surface area contributed by atoms with Gasteiger partial charge in [0.2, 0.25) is 17.7 Å². The maximum absolute atomic E-state index is 12.6. The first-order chi connectivity index (χ1) is 16.3. The summed E-state index contributed by atoms with van der Waals surface area (Å²) in [5, 5.41) is 16.6. The number of fused-ring (bicyclic) bond motifs is 1. The van der Waals surface area contributed by atoms with Gasteiger partial charge in [0.15, 0.2) is 5.78 Å². The summed E-state index contributed by atoms with van der Waals surface area (Å²) < 4.78 is 0. The number of ketones is 1. The number of rotatable bonds is 11. The lowest BCUT2D eigenvalue weighted by Gasteiger charge is -2.21. The van der Waals surface area contributed by atoms with E-state index in [1.807, 2.05) is 24.3 Å². The molecule has 9 heteroatoms. The summed E-state index contributed by atoms with van der Waals surface area (Å²) in [6.07, 6.45) is 0.579. The fourth-order valence-electron chi connectivity index (χ4n) is 3.74. The molecule has 192 valence electrons. The number of Topliss-reactive ketones (excluding diaryl/α,β-unsaturated/α-hetero) is 1. The monoisotopic (exact) mass is 486 g/mol. The van der Waals surface area contributed by atoms with Gasteiger partial charge in [0, 0.05) is 48.3 Å². The van der Waals surface area contributed by atoms with Crippen LogP contribution in [0.3, 0.4) is 0 Å². The molecule has 0 fully saturated rings. The number of amides is 3. The van der Waals surface area contributed by atoms with E-state index in [2.05, 4.69) is 29.5 Å². The van der Waals surface area contributed by atoms with Crippen LogP contribution in [0, 0.1) is 11.3 Å². The van der Waals surface area contributed by atoms with Gasteiger partial charge in [0.25, 0.3) is 0 Å². The number of carbonyl (C=O) groups is 4. The number of hydrogen-bond acceptors (Lipinski definition) is 5. The van der Waals surface area contributed by atoms with Crippen molar-refractivity contribution in [2.75, 3.05) is 13.6 Å². The average Bonchev–Trinajstić information content (AvgIpc) is 3.11. The number of aromatic nitrogens is 1. The Morgan fingerprint density at radius 1 is 1.06 bits per heavy atom. The van der Waals surface area contributed by atoms with Gasteiger partial charge in [-0.05, 0) is 24.0 Å². The molecular weight excluding hydrogens is 448 g/mol. The Morgan fingerprint density at radius 3 is 2.31 bits per heavy atom. The van der Waals surface area contributed by atoms with Gasteiger partial charge in [-0.2, -0.15) is 0 Å².